The first kappa shape index (κ1) is 25.2. The number of nitrogens with one attached hydrogen (secondary N) is 1. The number of rotatable bonds is 11. The Hall–Kier alpha value is -3.09. The minimum absolute atomic E-state index is 0.0885. The molecule has 0 radical (unpaired) electrons. The van der Waals surface area contributed by atoms with E-state index in [0.717, 1.165) is 17.5 Å². The van der Waals surface area contributed by atoms with Crippen LogP contribution < -0.4 is 14.8 Å². The molecule has 2 aromatic rings. The van der Waals surface area contributed by atoms with Crippen molar-refractivity contribution in [2.75, 3.05) is 20.8 Å². The highest BCUT2D eigenvalue weighted by atomic mass is 19.1. The van der Waals surface area contributed by atoms with Crippen molar-refractivity contribution in [3.05, 3.63) is 59.4 Å². The fourth-order valence-electron chi connectivity index (χ4n) is 3.27. The zero-order chi connectivity index (χ0) is 23.7. The molecule has 0 bridgehead atoms. The molecule has 6 nitrogen and oxygen atoms in total. The number of hydrogen-bond donors (Lipinski definition) is 1. The van der Waals surface area contributed by atoms with Crippen molar-refractivity contribution in [2.45, 2.75) is 46.2 Å². The summed E-state index contributed by atoms with van der Waals surface area (Å²) in [5.41, 5.74) is 1.48. The number of hydrogen-bond acceptors (Lipinski definition) is 4. The van der Waals surface area contributed by atoms with Crippen LogP contribution in [0, 0.1) is 11.7 Å². The second-order valence-corrected chi connectivity index (χ2v) is 8.16. The van der Waals surface area contributed by atoms with Gasteiger partial charge in [0.25, 0.3) is 0 Å². The molecule has 0 aliphatic rings. The summed E-state index contributed by atoms with van der Waals surface area (Å²) in [4.78, 5) is 27.5. The summed E-state index contributed by atoms with van der Waals surface area (Å²) in [6.07, 6.45) is 0.946. The highest BCUT2D eigenvalue weighted by molar-refractivity contribution is 5.88. The third-order valence-corrected chi connectivity index (χ3v) is 5.26. The number of methoxy groups -OCH3 is 2. The van der Waals surface area contributed by atoms with Crippen molar-refractivity contribution in [1.82, 2.24) is 10.2 Å². The van der Waals surface area contributed by atoms with Gasteiger partial charge in [0.2, 0.25) is 11.8 Å². The summed E-state index contributed by atoms with van der Waals surface area (Å²) < 4.78 is 23.9. The van der Waals surface area contributed by atoms with Gasteiger partial charge in [0.15, 0.2) is 11.5 Å². The van der Waals surface area contributed by atoms with E-state index in [4.69, 9.17) is 9.47 Å². The van der Waals surface area contributed by atoms with Crippen LogP contribution >= 0.6 is 0 Å². The summed E-state index contributed by atoms with van der Waals surface area (Å²) in [6, 6.07) is 10.5. The molecular weight excluding hydrogens is 411 g/mol. The van der Waals surface area contributed by atoms with Crippen LogP contribution in [0.4, 0.5) is 4.39 Å². The van der Waals surface area contributed by atoms with Crippen molar-refractivity contribution < 1.29 is 23.5 Å². The van der Waals surface area contributed by atoms with Gasteiger partial charge in [-0.25, -0.2) is 4.39 Å². The number of amides is 2. The SMILES string of the molecule is COc1ccc(CC(=O)N(Cc2ccc(F)cc2)C(C)C(=O)NCCC(C)C)cc1OC. The van der Waals surface area contributed by atoms with Crippen LogP contribution in [0.5, 0.6) is 11.5 Å². The first-order chi connectivity index (χ1) is 15.2. The fraction of sp³-hybridized carbons (Fsp3) is 0.440. The Kier molecular flexibility index (Phi) is 9.50. The maximum Gasteiger partial charge on any atom is 0.242 e. The number of benzene rings is 2. The van der Waals surface area contributed by atoms with E-state index in [0.29, 0.717) is 24.0 Å². The zero-order valence-electron chi connectivity index (χ0n) is 19.5. The molecule has 1 unspecified atom stereocenters. The predicted molar refractivity (Wildman–Crippen MR) is 122 cm³/mol. The zero-order valence-corrected chi connectivity index (χ0v) is 19.5. The third kappa shape index (κ3) is 7.25. The van der Waals surface area contributed by atoms with Crippen LogP contribution in [-0.4, -0.2) is 43.5 Å². The molecule has 1 N–H and O–H groups in total. The lowest BCUT2D eigenvalue weighted by Gasteiger charge is -2.29. The second-order valence-electron chi connectivity index (χ2n) is 8.16. The van der Waals surface area contributed by atoms with E-state index < -0.39 is 6.04 Å². The van der Waals surface area contributed by atoms with Gasteiger partial charge in [-0.1, -0.05) is 32.0 Å². The van der Waals surface area contributed by atoms with Crippen molar-refractivity contribution in [3.8, 4) is 11.5 Å². The van der Waals surface area contributed by atoms with Gasteiger partial charge in [0.05, 0.1) is 20.6 Å². The van der Waals surface area contributed by atoms with Crippen molar-refractivity contribution in [2.24, 2.45) is 5.92 Å². The molecule has 7 heteroatoms. The lowest BCUT2D eigenvalue weighted by Crippen LogP contribution is -2.48. The molecule has 1 atom stereocenters. The fourth-order valence-corrected chi connectivity index (χ4v) is 3.27. The van der Waals surface area contributed by atoms with Gasteiger partial charge in [-0.15, -0.1) is 0 Å². The Balaban J connectivity index is 2.21. The van der Waals surface area contributed by atoms with Gasteiger partial charge in [-0.2, -0.15) is 0 Å². The summed E-state index contributed by atoms with van der Waals surface area (Å²) in [6.45, 7) is 6.63. The monoisotopic (exact) mass is 444 g/mol. The number of carbonyl (C=O) groups excluding carboxylic acids is 2. The molecule has 2 aromatic carbocycles. The second kappa shape index (κ2) is 12.1. The number of ether oxygens (including phenoxy) is 2. The summed E-state index contributed by atoms with van der Waals surface area (Å²) in [5, 5.41) is 2.91. The maximum atomic E-state index is 13.3. The van der Waals surface area contributed by atoms with E-state index in [2.05, 4.69) is 19.2 Å². The highest BCUT2D eigenvalue weighted by Crippen LogP contribution is 2.28. The first-order valence-corrected chi connectivity index (χ1v) is 10.8. The number of nitrogens with zero attached hydrogens (tertiary/aromatic N) is 1. The third-order valence-electron chi connectivity index (χ3n) is 5.26. The lowest BCUT2D eigenvalue weighted by atomic mass is 10.1. The standard InChI is InChI=1S/C25H33FN2O4/c1-17(2)12-13-27-25(30)18(3)28(16-19-6-9-21(26)10-7-19)24(29)15-20-8-11-22(31-4)23(14-20)32-5/h6-11,14,17-18H,12-13,15-16H2,1-5H3,(H,27,30). The largest absolute Gasteiger partial charge is 0.493 e. The van der Waals surface area contributed by atoms with E-state index in [9.17, 15) is 14.0 Å². The van der Waals surface area contributed by atoms with Crippen LogP contribution in [0.1, 0.15) is 38.3 Å². The van der Waals surface area contributed by atoms with Gasteiger partial charge < -0.3 is 19.7 Å². The van der Waals surface area contributed by atoms with Gasteiger partial charge >= 0.3 is 0 Å². The molecule has 0 aliphatic carbocycles. The molecule has 0 spiro atoms. The molecule has 2 rings (SSSR count). The van der Waals surface area contributed by atoms with Crippen molar-refractivity contribution >= 4 is 11.8 Å². The first-order valence-electron chi connectivity index (χ1n) is 10.8. The molecule has 0 fully saturated rings. The van der Waals surface area contributed by atoms with Gasteiger partial charge in [0.1, 0.15) is 11.9 Å². The molecule has 0 saturated carbocycles. The van der Waals surface area contributed by atoms with Crippen LogP contribution in [0.15, 0.2) is 42.5 Å². The Labute approximate surface area is 189 Å². The molecule has 0 aliphatic heterocycles. The Bertz CT molecular complexity index is 899. The van der Waals surface area contributed by atoms with E-state index in [1.54, 1.807) is 44.4 Å². The Morgan fingerprint density at radius 2 is 1.59 bits per heavy atom. The molecule has 0 aromatic heterocycles. The number of halogens is 1. The van der Waals surface area contributed by atoms with Crippen LogP contribution in [0.3, 0.4) is 0 Å². The van der Waals surface area contributed by atoms with Gasteiger partial charge in [0, 0.05) is 13.1 Å². The van der Waals surface area contributed by atoms with Crippen LogP contribution in [-0.2, 0) is 22.6 Å². The summed E-state index contributed by atoms with van der Waals surface area (Å²) in [5.74, 6) is 0.789. The molecule has 174 valence electrons. The highest BCUT2D eigenvalue weighted by Gasteiger charge is 2.26. The van der Waals surface area contributed by atoms with Crippen LogP contribution in [0.2, 0.25) is 0 Å². The average Bonchev–Trinajstić information content (AvgIpc) is 2.77. The Morgan fingerprint density at radius 3 is 2.19 bits per heavy atom. The van der Waals surface area contributed by atoms with E-state index >= 15 is 0 Å². The topological polar surface area (TPSA) is 67.9 Å². The maximum absolute atomic E-state index is 13.3. The molecule has 32 heavy (non-hydrogen) atoms. The predicted octanol–water partition coefficient (Wildman–Crippen LogP) is 3.97. The summed E-state index contributed by atoms with van der Waals surface area (Å²) in [7, 11) is 3.08. The summed E-state index contributed by atoms with van der Waals surface area (Å²) >= 11 is 0. The normalized spacial score (nSPS) is 11.7. The number of carbonyl (C=O) groups is 2. The minimum Gasteiger partial charge on any atom is -0.493 e. The Morgan fingerprint density at radius 1 is 0.969 bits per heavy atom. The minimum atomic E-state index is -0.681. The van der Waals surface area contributed by atoms with E-state index in [1.165, 1.54) is 24.1 Å². The van der Waals surface area contributed by atoms with E-state index in [-0.39, 0.29) is 30.6 Å². The van der Waals surface area contributed by atoms with Crippen molar-refractivity contribution in [1.29, 1.82) is 0 Å². The lowest BCUT2D eigenvalue weighted by molar-refractivity contribution is -0.140. The van der Waals surface area contributed by atoms with Crippen LogP contribution in [0.25, 0.3) is 0 Å². The molecule has 0 saturated heterocycles. The molecule has 2 amide bonds. The smallest absolute Gasteiger partial charge is 0.242 e. The molecule has 0 heterocycles. The van der Waals surface area contributed by atoms with E-state index in [1.807, 2.05) is 0 Å². The van der Waals surface area contributed by atoms with Crippen molar-refractivity contribution in [3.63, 3.8) is 0 Å². The molecular formula is C25H33FN2O4. The van der Waals surface area contributed by atoms with Gasteiger partial charge in [-0.3, -0.25) is 9.59 Å². The van der Waals surface area contributed by atoms with Gasteiger partial charge in [-0.05, 0) is 54.7 Å². The quantitative estimate of drug-likeness (QED) is 0.570. The average molecular weight is 445 g/mol.